The van der Waals surface area contributed by atoms with Crippen molar-refractivity contribution < 1.29 is 9.53 Å². The third-order valence-corrected chi connectivity index (χ3v) is 6.45. The van der Waals surface area contributed by atoms with Crippen LogP contribution in [0.2, 0.25) is 10.0 Å². The quantitative estimate of drug-likeness (QED) is 0.203. The molecular weight excluding hydrogens is 479 g/mol. The molecule has 0 heterocycles. The zero-order chi connectivity index (χ0) is 25.1. The summed E-state index contributed by atoms with van der Waals surface area (Å²) in [5.41, 5.74) is 16.2. The monoisotopic (exact) mass is 504 g/mol. The van der Waals surface area contributed by atoms with E-state index in [4.69, 9.17) is 39.4 Å². The fraction of sp³-hybridized carbons (Fsp3) is 0.138. The summed E-state index contributed by atoms with van der Waals surface area (Å²) < 4.78 is 6.04. The van der Waals surface area contributed by atoms with Gasteiger partial charge in [-0.2, -0.15) is 0 Å². The molecule has 0 aliphatic carbocycles. The van der Waals surface area contributed by atoms with Crippen molar-refractivity contribution in [3.8, 4) is 16.9 Å². The lowest BCUT2D eigenvalue weighted by atomic mass is 9.97. The number of nitrogens with two attached hydrogens (primary N) is 2. The predicted molar refractivity (Wildman–Crippen MR) is 147 cm³/mol. The van der Waals surface area contributed by atoms with Crippen molar-refractivity contribution >= 4 is 51.1 Å². The second-order valence-electron chi connectivity index (χ2n) is 8.64. The van der Waals surface area contributed by atoms with Crippen LogP contribution in [0.4, 0.5) is 5.69 Å². The van der Waals surface area contributed by atoms with Crippen LogP contribution in [-0.4, -0.2) is 12.4 Å². The number of carbonyl (C=O) groups excluding carboxylic acids is 1. The van der Waals surface area contributed by atoms with Crippen LogP contribution in [0.15, 0.2) is 84.4 Å². The largest absolute Gasteiger partial charge is 0.489 e. The minimum atomic E-state index is -0.267. The molecule has 6 heteroatoms. The molecule has 0 atom stereocenters. The van der Waals surface area contributed by atoms with Crippen molar-refractivity contribution in [2.24, 2.45) is 11.7 Å². The Labute approximate surface area is 215 Å². The van der Waals surface area contributed by atoms with Crippen molar-refractivity contribution in [1.82, 2.24) is 0 Å². The zero-order valence-corrected chi connectivity index (χ0v) is 21.0. The van der Waals surface area contributed by atoms with E-state index in [-0.39, 0.29) is 24.0 Å². The summed E-state index contributed by atoms with van der Waals surface area (Å²) in [6.45, 7) is 3.64. The molecule has 0 unspecified atom stereocenters. The van der Waals surface area contributed by atoms with Gasteiger partial charge in [0.1, 0.15) is 12.4 Å². The highest BCUT2D eigenvalue weighted by atomic mass is 35.5. The van der Waals surface area contributed by atoms with E-state index < -0.39 is 0 Å². The molecule has 0 fully saturated rings. The Morgan fingerprint density at radius 2 is 1.46 bits per heavy atom. The van der Waals surface area contributed by atoms with Crippen LogP contribution in [0.3, 0.4) is 0 Å². The number of ether oxygens (including phenoxy) is 1. The van der Waals surface area contributed by atoms with Crippen LogP contribution in [0, 0.1) is 5.92 Å². The molecule has 35 heavy (non-hydrogen) atoms. The second kappa shape index (κ2) is 10.4. The second-order valence-corrected chi connectivity index (χ2v) is 9.46. The summed E-state index contributed by atoms with van der Waals surface area (Å²) in [4.78, 5) is 13.0. The van der Waals surface area contributed by atoms with Gasteiger partial charge in [-0.15, -0.1) is 0 Å². The molecule has 178 valence electrons. The van der Waals surface area contributed by atoms with E-state index >= 15 is 0 Å². The molecule has 4 aromatic rings. The van der Waals surface area contributed by atoms with E-state index in [1.807, 2.05) is 62.4 Å². The Kier molecular flexibility index (Phi) is 7.34. The van der Waals surface area contributed by atoms with Gasteiger partial charge >= 0.3 is 0 Å². The lowest BCUT2D eigenvalue weighted by Crippen LogP contribution is -2.21. The molecular formula is C29H26Cl2N2O2. The van der Waals surface area contributed by atoms with Gasteiger partial charge in [-0.1, -0.05) is 73.4 Å². The van der Waals surface area contributed by atoms with Gasteiger partial charge in [-0.3, -0.25) is 4.79 Å². The van der Waals surface area contributed by atoms with E-state index in [0.29, 0.717) is 26.9 Å². The number of hydrogen-bond acceptors (Lipinski definition) is 4. The zero-order valence-electron chi connectivity index (χ0n) is 19.5. The van der Waals surface area contributed by atoms with Gasteiger partial charge in [-0.25, -0.2) is 0 Å². The molecule has 0 aromatic heterocycles. The number of benzene rings is 4. The van der Waals surface area contributed by atoms with Gasteiger partial charge in [0.05, 0.1) is 21.3 Å². The number of nitrogen functional groups attached to an aromatic ring is 1. The summed E-state index contributed by atoms with van der Waals surface area (Å²) in [6, 6.07) is 24.9. The van der Waals surface area contributed by atoms with Crippen LogP contribution in [0.5, 0.6) is 5.75 Å². The average molecular weight is 505 g/mol. The number of rotatable bonds is 7. The lowest BCUT2D eigenvalue weighted by Gasteiger charge is -2.16. The number of carbonyl (C=O) groups is 1. The Morgan fingerprint density at radius 1 is 0.857 bits per heavy atom. The van der Waals surface area contributed by atoms with Crippen molar-refractivity contribution in [1.29, 1.82) is 0 Å². The molecule has 4 aromatic carbocycles. The third-order valence-electron chi connectivity index (χ3n) is 5.82. The number of ketones is 1. The minimum Gasteiger partial charge on any atom is -0.489 e. The van der Waals surface area contributed by atoms with Crippen LogP contribution >= 0.6 is 23.2 Å². The maximum absolute atomic E-state index is 13.0. The molecule has 0 amide bonds. The summed E-state index contributed by atoms with van der Waals surface area (Å²) in [5.74, 6) is 0.244. The summed E-state index contributed by atoms with van der Waals surface area (Å²) >= 11 is 12.7. The fourth-order valence-corrected chi connectivity index (χ4v) is 4.46. The molecule has 0 bridgehead atoms. The number of fused-ring (bicyclic) bond motifs is 1. The SMILES string of the molecule is CC(C)C(=O)/C(COc1ccc2cc(-c3ccc(N)cc3)ccc2c1)=C(\N)c1c(Cl)cccc1Cl. The van der Waals surface area contributed by atoms with Crippen LogP contribution in [0.25, 0.3) is 27.6 Å². The molecule has 4 rings (SSSR count). The Balaban J connectivity index is 1.62. The standard InChI is InChI=1S/C29H26Cl2N2O2/c1-17(2)29(34)24(28(33)27-25(30)4-3-5-26(27)31)16-35-23-13-10-20-14-19(6-7-21(20)15-23)18-8-11-22(32)12-9-18/h3-15,17H,16,32-33H2,1-2H3/b28-24-. The number of halogens is 2. The molecule has 0 spiro atoms. The maximum atomic E-state index is 13.0. The average Bonchev–Trinajstić information content (AvgIpc) is 2.84. The first-order chi connectivity index (χ1) is 16.7. The highest BCUT2D eigenvalue weighted by Gasteiger charge is 2.21. The Bertz CT molecular complexity index is 1410. The molecule has 0 saturated heterocycles. The first kappa shape index (κ1) is 24.6. The topological polar surface area (TPSA) is 78.3 Å². The van der Waals surface area contributed by atoms with Gasteiger partial charge in [0.15, 0.2) is 5.78 Å². The van der Waals surface area contributed by atoms with E-state index in [2.05, 4.69) is 12.1 Å². The summed E-state index contributed by atoms with van der Waals surface area (Å²) in [5, 5.41) is 2.85. The highest BCUT2D eigenvalue weighted by molar-refractivity contribution is 6.37. The molecule has 4 nitrogen and oxygen atoms in total. The normalized spacial score (nSPS) is 12.0. The smallest absolute Gasteiger partial charge is 0.166 e. The minimum absolute atomic E-state index is 0.000569. The van der Waals surface area contributed by atoms with E-state index in [1.165, 1.54) is 0 Å². The number of Topliss-reactive ketones (excluding diaryl/α,β-unsaturated/α-hetero) is 1. The van der Waals surface area contributed by atoms with Gasteiger partial charge in [0.25, 0.3) is 0 Å². The van der Waals surface area contributed by atoms with E-state index in [9.17, 15) is 4.79 Å². The molecule has 0 aliphatic rings. The van der Waals surface area contributed by atoms with Crippen molar-refractivity contribution in [3.05, 3.63) is 100 Å². The first-order valence-corrected chi connectivity index (χ1v) is 12.0. The summed E-state index contributed by atoms with van der Waals surface area (Å²) in [7, 11) is 0. The van der Waals surface area contributed by atoms with E-state index in [1.54, 1.807) is 18.2 Å². The van der Waals surface area contributed by atoms with Gasteiger partial charge < -0.3 is 16.2 Å². The van der Waals surface area contributed by atoms with Crippen LogP contribution in [-0.2, 0) is 4.79 Å². The first-order valence-electron chi connectivity index (χ1n) is 11.2. The summed E-state index contributed by atoms with van der Waals surface area (Å²) in [6.07, 6.45) is 0. The molecule has 0 aliphatic heterocycles. The van der Waals surface area contributed by atoms with Gasteiger partial charge in [0.2, 0.25) is 0 Å². The maximum Gasteiger partial charge on any atom is 0.166 e. The predicted octanol–water partition coefficient (Wildman–Crippen LogP) is 7.37. The Morgan fingerprint density at radius 3 is 2.11 bits per heavy atom. The fourth-order valence-electron chi connectivity index (χ4n) is 3.86. The van der Waals surface area contributed by atoms with Gasteiger partial charge in [0, 0.05) is 17.2 Å². The van der Waals surface area contributed by atoms with Crippen LogP contribution < -0.4 is 16.2 Å². The highest BCUT2D eigenvalue weighted by Crippen LogP contribution is 2.32. The number of anilines is 1. The van der Waals surface area contributed by atoms with Crippen LogP contribution in [0.1, 0.15) is 19.4 Å². The van der Waals surface area contributed by atoms with Gasteiger partial charge in [-0.05, 0) is 64.4 Å². The Hall–Kier alpha value is -3.47. The lowest BCUT2D eigenvalue weighted by molar-refractivity contribution is -0.118. The van der Waals surface area contributed by atoms with E-state index in [0.717, 1.165) is 27.6 Å². The number of hydrogen-bond donors (Lipinski definition) is 2. The van der Waals surface area contributed by atoms with Crippen molar-refractivity contribution in [2.45, 2.75) is 13.8 Å². The van der Waals surface area contributed by atoms with Crippen molar-refractivity contribution in [2.75, 3.05) is 12.3 Å². The van der Waals surface area contributed by atoms with Crippen molar-refractivity contribution in [3.63, 3.8) is 0 Å². The molecule has 0 radical (unpaired) electrons. The third kappa shape index (κ3) is 5.45. The molecule has 4 N–H and O–H groups in total. The molecule has 0 saturated carbocycles.